The summed E-state index contributed by atoms with van der Waals surface area (Å²) >= 11 is 6.01. The second-order valence-electron chi connectivity index (χ2n) is 7.16. The summed E-state index contributed by atoms with van der Waals surface area (Å²) in [5.41, 5.74) is 2.68. The fourth-order valence-electron chi connectivity index (χ4n) is 3.41. The Morgan fingerprint density at radius 2 is 1.71 bits per heavy atom. The number of carbonyl (C=O) groups excluding carboxylic acids is 1. The van der Waals surface area contributed by atoms with E-state index in [1.54, 1.807) is 30.3 Å². The molecule has 1 amide bonds. The van der Waals surface area contributed by atoms with Crippen LogP contribution in [0.25, 0.3) is 11.0 Å². The van der Waals surface area contributed by atoms with Crippen LogP contribution >= 0.6 is 11.6 Å². The monoisotopic (exact) mass is 433 g/mol. The third kappa shape index (κ3) is 4.95. The van der Waals surface area contributed by atoms with Crippen LogP contribution in [0.5, 0.6) is 5.75 Å². The number of ether oxygens (including phenoxy) is 1. The van der Waals surface area contributed by atoms with Crippen molar-refractivity contribution in [3.05, 3.63) is 111 Å². The van der Waals surface area contributed by atoms with Gasteiger partial charge in [0.25, 0.3) is 5.91 Å². The molecule has 0 radical (unpaired) electrons. The smallest absolute Gasteiger partial charge is 0.336 e. The van der Waals surface area contributed by atoms with Crippen LogP contribution in [0.3, 0.4) is 0 Å². The molecule has 1 heterocycles. The molecule has 0 aliphatic heterocycles. The number of hydrogen-bond acceptors (Lipinski definition) is 4. The van der Waals surface area contributed by atoms with Crippen molar-refractivity contribution in [3.63, 3.8) is 0 Å². The standard InChI is InChI=1S/C25H20ClNO4/c1-16-13-24(29)31-22-14-20(11-12-21(16)22)30-15-23(28)27-25(17-5-3-2-4-6-17)18-7-9-19(26)10-8-18/h2-14,25H,15H2,1H3,(H,27,28). The number of hydrogen-bond donors (Lipinski definition) is 1. The van der Waals surface area contributed by atoms with Gasteiger partial charge in [0.2, 0.25) is 0 Å². The van der Waals surface area contributed by atoms with Gasteiger partial charge in [0.05, 0.1) is 6.04 Å². The van der Waals surface area contributed by atoms with Gasteiger partial charge in [0.15, 0.2) is 6.61 Å². The Morgan fingerprint density at radius 3 is 2.45 bits per heavy atom. The molecule has 0 aliphatic carbocycles. The molecular formula is C25H20ClNO4. The van der Waals surface area contributed by atoms with E-state index in [9.17, 15) is 9.59 Å². The van der Waals surface area contributed by atoms with E-state index in [0.717, 1.165) is 22.1 Å². The lowest BCUT2D eigenvalue weighted by Crippen LogP contribution is -2.33. The Bertz CT molecular complexity index is 1270. The van der Waals surface area contributed by atoms with Crippen LogP contribution in [-0.2, 0) is 4.79 Å². The molecular weight excluding hydrogens is 414 g/mol. The molecule has 0 aliphatic rings. The molecule has 1 N–H and O–H groups in total. The fraction of sp³-hybridized carbons (Fsp3) is 0.120. The van der Waals surface area contributed by atoms with E-state index in [2.05, 4.69) is 5.32 Å². The molecule has 5 nitrogen and oxygen atoms in total. The Morgan fingerprint density at radius 1 is 1.00 bits per heavy atom. The lowest BCUT2D eigenvalue weighted by atomic mass is 9.99. The van der Waals surface area contributed by atoms with Gasteiger partial charge in [0, 0.05) is 22.5 Å². The Labute approximate surface area is 184 Å². The number of fused-ring (bicyclic) bond motifs is 1. The zero-order chi connectivity index (χ0) is 21.8. The normalized spacial score (nSPS) is 11.8. The summed E-state index contributed by atoms with van der Waals surface area (Å²) in [5, 5.41) is 4.46. The lowest BCUT2D eigenvalue weighted by molar-refractivity contribution is -0.123. The van der Waals surface area contributed by atoms with Gasteiger partial charge in [0.1, 0.15) is 11.3 Å². The molecule has 0 spiro atoms. The van der Waals surface area contributed by atoms with Crippen LogP contribution in [0.15, 0.2) is 88.1 Å². The lowest BCUT2D eigenvalue weighted by Gasteiger charge is -2.20. The van der Waals surface area contributed by atoms with E-state index >= 15 is 0 Å². The number of benzene rings is 3. The number of halogens is 1. The van der Waals surface area contributed by atoms with Crippen molar-refractivity contribution in [3.8, 4) is 5.75 Å². The number of amides is 1. The number of aryl methyl sites for hydroxylation is 1. The minimum Gasteiger partial charge on any atom is -0.484 e. The first kappa shape index (κ1) is 20.7. The zero-order valence-corrected chi connectivity index (χ0v) is 17.6. The molecule has 31 heavy (non-hydrogen) atoms. The van der Waals surface area contributed by atoms with Gasteiger partial charge in [-0.15, -0.1) is 0 Å². The fourth-order valence-corrected chi connectivity index (χ4v) is 3.53. The van der Waals surface area contributed by atoms with Crippen molar-refractivity contribution >= 4 is 28.5 Å². The van der Waals surface area contributed by atoms with Crippen molar-refractivity contribution in [2.24, 2.45) is 0 Å². The maximum atomic E-state index is 12.7. The van der Waals surface area contributed by atoms with E-state index in [-0.39, 0.29) is 18.6 Å². The van der Waals surface area contributed by atoms with Crippen LogP contribution in [0.4, 0.5) is 0 Å². The van der Waals surface area contributed by atoms with E-state index < -0.39 is 5.63 Å². The van der Waals surface area contributed by atoms with Gasteiger partial charge < -0.3 is 14.5 Å². The second kappa shape index (κ2) is 9.06. The van der Waals surface area contributed by atoms with Gasteiger partial charge in [-0.25, -0.2) is 4.79 Å². The summed E-state index contributed by atoms with van der Waals surface area (Å²) in [5.74, 6) is 0.161. The first-order valence-electron chi connectivity index (χ1n) is 9.77. The van der Waals surface area contributed by atoms with Crippen LogP contribution in [0, 0.1) is 6.92 Å². The van der Waals surface area contributed by atoms with E-state index in [1.807, 2.05) is 49.4 Å². The second-order valence-corrected chi connectivity index (χ2v) is 7.59. The highest BCUT2D eigenvalue weighted by Gasteiger charge is 2.17. The first-order valence-corrected chi connectivity index (χ1v) is 10.1. The predicted molar refractivity (Wildman–Crippen MR) is 121 cm³/mol. The average molecular weight is 434 g/mol. The predicted octanol–water partition coefficient (Wildman–Crippen LogP) is 5.04. The number of carbonyl (C=O) groups is 1. The molecule has 0 saturated carbocycles. The molecule has 1 aromatic heterocycles. The van der Waals surface area contributed by atoms with E-state index in [4.69, 9.17) is 20.8 Å². The van der Waals surface area contributed by atoms with Gasteiger partial charge in [-0.1, -0.05) is 54.1 Å². The third-order valence-corrected chi connectivity index (χ3v) is 5.19. The van der Waals surface area contributed by atoms with Gasteiger partial charge in [-0.05, 0) is 47.9 Å². The van der Waals surface area contributed by atoms with Gasteiger partial charge in [-0.2, -0.15) is 0 Å². The van der Waals surface area contributed by atoms with E-state index in [1.165, 1.54) is 6.07 Å². The molecule has 1 unspecified atom stereocenters. The largest absolute Gasteiger partial charge is 0.484 e. The highest BCUT2D eigenvalue weighted by molar-refractivity contribution is 6.30. The number of nitrogens with one attached hydrogen (secondary N) is 1. The van der Waals surface area contributed by atoms with Crippen molar-refractivity contribution < 1.29 is 13.9 Å². The summed E-state index contributed by atoms with van der Waals surface area (Å²) in [4.78, 5) is 24.3. The Hall–Kier alpha value is -3.57. The summed E-state index contributed by atoms with van der Waals surface area (Å²) in [6.07, 6.45) is 0. The van der Waals surface area contributed by atoms with Crippen LogP contribution in [0.2, 0.25) is 5.02 Å². The summed E-state index contributed by atoms with van der Waals surface area (Å²) < 4.78 is 10.9. The summed E-state index contributed by atoms with van der Waals surface area (Å²) in [6.45, 7) is 1.66. The molecule has 1 atom stereocenters. The minimum atomic E-state index is -0.423. The zero-order valence-electron chi connectivity index (χ0n) is 16.8. The van der Waals surface area contributed by atoms with Crippen LogP contribution in [-0.4, -0.2) is 12.5 Å². The van der Waals surface area contributed by atoms with Crippen molar-refractivity contribution in [1.29, 1.82) is 0 Å². The van der Waals surface area contributed by atoms with Gasteiger partial charge >= 0.3 is 5.63 Å². The maximum absolute atomic E-state index is 12.7. The molecule has 0 saturated heterocycles. The minimum absolute atomic E-state index is 0.182. The molecule has 4 aromatic rings. The first-order chi connectivity index (χ1) is 15.0. The quantitative estimate of drug-likeness (QED) is 0.432. The summed E-state index contributed by atoms with van der Waals surface area (Å²) in [7, 11) is 0. The van der Waals surface area contributed by atoms with Crippen molar-refractivity contribution in [2.45, 2.75) is 13.0 Å². The highest BCUT2D eigenvalue weighted by Crippen LogP contribution is 2.24. The molecule has 0 bridgehead atoms. The summed E-state index contributed by atoms with van der Waals surface area (Å²) in [6, 6.07) is 23.3. The third-order valence-electron chi connectivity index (χ3n) is 4.93. The molecule has 6 heteroatoms. The Balaban J connectivity index is 1.50. The highest BCUT2D eigenvalue weighted by atomic mass is 35.5. The average Bonchev–Trinajstić information content (AvgIpc) is 2.77. The molecule has 156 valence electrons. The van der Waals surface area contributed by atoms with Gasteiger partial charge in [-0.3, -0.25) is 4.79 Å². The van der Waals surface area contributed by atoms with Crippen molar-refractivity contribution in [2.75, 3.05) is 6.61 Å². The number of rotatable bonds is 6. The SMILES string of the molecule is Cc1cc(=O)oc2cc(OCC(=O)NC(c3ccccc3)c3ccc(Cl)cc3)ccc12. The molecule has 0 fully saturated rings. The van der Waals surface area contributed by atoms with Crippen LogP contribution in [0.1, 0.15) is 22.7 Å². The van der Waals surface area contributed by atoms with E-state index in [0.29, 0.717) is 16.4 Å². The topological polar surface area (TPSA) is 68.5 Å². The Kier molecular flexibility index (Phi) is 6.05. The molecule has 3 aromatic carbocycles. The maximum Gasteiger partial charge on any atom is 0.336 e. The van der Waals surface area contributed by atoms with Crippen LogP contribution < -0.4 is 15.7 Å². The van der Waals surface area contributed by atoms with Crippen molar-refractivity contribution in [1.82, 2.24) is 5.32 Å². The molecule has 4 rings (SSSR count).